The summed E-state index contributed by atoms with van der Waals surface area (Å²) in [5, 5.41) is 29.6. The number of alkyl halides is 3. The molecule has 0 spiro atoms. The first-order valence-corrected chi connectivity index (χ1v) is 14.1. The van der Waals surface area contributed by atoms with E-state index >= 15 is 0 Å². The molecule has 2 aromatic carbocycles. The second-order valence-electron chi connectivity index (χ2n) is 10.6. The van der Waals surface area contributed by atoms with Crippen molar-refractivity contribution in [3.05, 3.63) is 88.3 Å². The minimum atomic E-state index is -4.87. The van der Waals surface area contributed by atoms with Gasteiger partial charge in [-0.2, -0.15) is 5.26 Å². The van der Waals surface area contributed by atoms with Gasteiger partial charge in [-0.3, -0.25) is 0 Å². The molecule has 9 nitrogen and oxygen atoms in total. The Morgan fingerprint density at radius 3 is 2.56 bits per heavy atom. The van der Waals surface area contributed by atoms with Gasteiger partial charge in [0.15, 0.2) is 17.4 Å². The van der Waals surface area contributed by atoms with Crippen LogP contribution >= 0.6 is 0 Å². The first-order valence-electron chi connectivity index (χ1n) is 13.7. The Bertz CT molecular complexity index is 1680. The van der Waals surface area contributed by atoms with Gasteiger partial charge in [0.1, 0.15) is 29.6 Å². The van der Waals surface area contributed by atoms with E-state index in [1.54, 1.807) is 42.6 Å². The quantitative estimate of drug-likeness (QED) is 0.294. The summed E-state index contributed by atoms with van der Waals surface area (Å²) in [7, 11) is 0. The summed E-state index contributed by atoms with van der Waals surface area (Å²) < 4.78 is 50.9. The second-order valence-corrected chi connectivity index (χ2v) is 11.0. The smallest absolute Gasteiger partial charge is 0.487 e. The third-order valence-corrected chi connectivity index (χ3v) is 8.03. The fraction of sp³-hybridized carbons (Fsp3) is 0.333. The third kappa shape index (κ3) is 6.23. The first-order chi connectivity index (χ1) is 20.6. The van der Waals surface area contributed by atoms with Crippen molar-refractivity contribution in [1.82, 2.24) is 20.0 Å². The zero-order valence-corrected chi connectivity index (χ0v) is 23.6. The minimum Gasteiger partial charge on any atom is -0.487 e. The highest BCUT2D eigenvalue weighted by atomic mass is 35.5. The van der Waals surface area contributed by atoms with Crippen molar-refractivity contribution in [2.45, 2.75) is 50.2 Å². The highest BCUT2D eigenvalue weighted by molar-refractivity contribution is 5.48. The van der Waals surface area contributed by atoms with Crippen LogP contribution in [0.4, 0.5) is 19.0 Å². The maximum Gasteiger partial charge on any atom is 0.573 e. The molecule has 0 atom stereocenters. The number of anilines is 1. The van der Waals surface area contributed by atoms with Crippen LogP contribution in [0.2, 0.25) is 5.02 Å². The molecular formula is C30H27ClF3N6O3+. The number of pyridine rings is 1. The van der Waals surface area contributed by atoms with E-state index in [0.29, 0.717) is 65.0 Å². The maximum atomic E-state index is 13.1. The highest BCUT2D eigenvalue weighted by Gasteiger charge is 2.38. The number of nitriles is 1. The molecule has 0 unspecified atom stereocenters. The van der Waals surface area contributed by atoms with Crippen LogP contribution < -0.4 is 14.4 Å². The normalized spacial score (nSPS) is 16.5. The van der Waals surface area contributed by atoms with E-state index in [1.165, 1.54) is 22.9 Å². The average Bonchev–Trinajstić information content (AvgIpc) is 3.75. The zero-order valence-electron chi connectivity index (χ0n) is 22.8. The Morgan fingerprint density at radius 1 is 1.09 bits per heavy atom. The highest BCUT2D eigenvalue weighted by Crippen LogP contribution is 2.42. The van der Waals surface area contributed by atoms with Crippen LogP contribution in [0.25, 0.3) is 5.69 Å². The lowest BCUT2D eigenvalue weighted by molar-refractivity contribution is -0.292. The van der Waals surface area contributed by atoms with Crippen molar-refractivity contribution in [2.24, 2.45) is 0 Å². The van der Waals surface area contributed by atoms with Crippen molar-refractivity contribution in [1.29, 1.82) is 5.26 Å². The van der Waals surface area contributed by atoms with Crippen LogP contribution in [0.15, 0.2) is 60.8 Å². The van der Waals surface area contributed by atoms with Crippen LogP contribution in [0.5, 0.6) is 11.5 Å². The fourth-order valence-corrected chi connectivity index (χ4v) is 5.70. The first kappa shape index (κ1) is 28.8. The van der Waals surface area contributed by atoms with Gasteiger partial charge in [-0.05, 0) is 62.1 Å². The van der Waals surface area contributed by atoms with E-state index in [4.69, 9.17) is 16.3 Å². The standard InChI is InChI=1S/C30H27ClF3N6O3/c31-23-16-21(7-8-22(23)29(41)10-13-39(14-11-29)27-15-19(17-35)9-12-36-27)42-18-25-28(20-5-6-20)37-38-40(25)24-3-1-2-4-26(24)43-30(32,33)34/h1-4,7-9,12,15-16,20,31,41H,5-6,10-11,13-14,18H2/q+1. The molecule has 0 bridgehead atoms. The summed E-state index contributed by atoms with van der Waals surface area (Å²) in [5.74, 6) is 0.906. The maximum absolute atomic E-state index is 13.1. The molecule has 2 fully saturated rings. The Morgan fingerprint density at radius 2 is 1.86 bits per heavy atom. The van der Waals surface area contributed by atoms with Gasteiger partial charge in [0.25, 0.3) is 0 Å². The lowest BCUT2D eigenvalue weighted by atomic mass is 9.84. The van der Waals surface area contributed by atoms with Crippen molar-refractivity contribution in [2.75, 3.05) is 18.0 Å². The Balaban J connectivity index is 1.18. The number of nitrogens with zero attached hydrogens (tertiary/aromatic N) is 6. The Hall–Kier alpha value is -4.34. The zero-order chi connectivity index (χ0) is 30.2. The molecule has 2 aromatic heterocycles. The minimum absolute atomic E-state index is 0.0126. The van der Waals surface area contributed by atoms with E-state index in [2.05, 4.69) is 26.1 Å². The van der Waals surface area contributed by atoms with Crippen LogP contribution in [0.3, 0.4) is 0 Å². The van der Waals surface area contributed by atoms with Crippen LogP contribution in [0.1, 0.15) is 54.1 Å². The summed E-state index contributed by atoms with van der Waals surface area (Å²) >= 11 is 5.65. The lowest BCUT2D eigenvalue weighted by Gasteiger charge is -2.38. The molecule has 2 aliphatic rings. The van der Waals surface area contributed by atoms with Crippen LogP contribution in [-0.2, 0) is 12.2 Å². The van der Waals surface area contributed by atoms with E-state index in [-0.39, 0.29) is 18.2 Å². The van der Waals surface area contributed by atoms with E-state index in [1.807, 2.05) is 4.90 Å². The number of ether oxygens (including phenoxy) is 2. The molecule has 6 rings (SSSR count). The summed E-state index contributed by atoms with van der Waals surface area (Å²) in [5.41, 5.74) is 1.31. The van der Waals surface area contributed by atoms with Crippen molar-refractivity contribution in [3.63, 3.8) is 0 Å². The molecule has 13 heteroatoms. The van der Waals surface area contributed by atoms with E-state index < -0.39 is 17.7 Å². The Labute approximate surface area is 250 Å². The van der Waals surface area contributed by atoms with Crippen LogP contribution in [-0.4, -0.2) is 44.5 Å². The number of halogens is 4. The van der Waals surface area contributed by atoms with Gasteiger partial charge in [0.2, 0.25) is 5.02 Å². The number of hydrogen-bond acceptors (Lipinski definition) is 8. The van der Waals surface area contributed by atoms with Gasteiger partial charge >= 0.3 is 6.36 Å². The topological polar surface area (TPSA) is 109 Å². The summed E-state index contributed by atoms with van der Waals surface area (Å²) in [4.78, 5) is 6.39. The largest absolute Gasteiger partial charge is 0.573 e. The molecule has 0 radical (unpaired) electrons. The fourth-order valence-electron chi connectivity index (χ4n) is 5.32. The van der Waals surface area contributed by atoms with Gasteiger partial charge in [-0.15, -0.1) is 18.3 Å². The van der Waals surface area contributed by atoms with Crippen molar-refractivity contribution >= 4 is 5.82 Å². The summed E-state index contributed by atoms with van der Waals surface area (Å²) in [6.07, 6.45) is -0.607. The number of aliphatic hydroxyl groups is 1. The van der Waals surface area contributed by atoms with Gasteiger partial charge in [0.05, 0.1) is 22.9 Å². The molecule has 1 N–H and O–H groups in total. The van der Waals surface area contributed by atoms with Gasteiger partial charge in [0, 0.05) is 36.8 Å². The average molecular weight is 612 g/mol. The number of aromatic nitrogens is 4. The molecule has 3 heterocycles. The Kier molecular flexibility index (Phi) is 7.62. The molecule has 4 aromatic rings. The predicted octanol–water partition coefficient (Wildman–Crippen LogP) is 5.07. The molecule has 1 aliphatic carbocycles. The second kappa shape index (κ2) is 11.4. The number of rotatable bonds is 8. The summed E-state index contributed by atoms with van der Waals surface area (Å²) in [6.45, 7) is 1.05. The number of piperidine rings is 1. The predicted molar refractivity (Wildman–Crippen MR) is 146 cm³/mol. The van der Waals surface area contributed by atoms with Crippen molar-refractivity contribution in [3.8, 4) is 23.3 Å². The molecule has 0 amide bonds. The molecule has 43 heavy (non-hydrogen) atoms. The van der Waals surface area contributed by atoms with Crippen molar-refractivity contribution < 1.29 is 39.4 Å². The number of hydrogen-bond donors (Lipinski definition) is 1. The van der Waals surface area contributed by atoms with Gasteiger partial charge in [-0.25, -0.2) is 9.67 Å². The van der Waals surface area contributed by atoms with Gasteiger partial charge in [-0.1, -0.05) is 17.3 Å². The monoisotopic (exact) mass is 611 g/mol. The number of benzene rings is 2. The third-order valence-electron chi connectivity index (χ3n) is 7.70. The molecule has 1 aliphatic heterocycles. The molecule has 1 saturated heterocycles. The molecular weight excluding hydrogens is 585 g/mol. The van der Waals surface area contributed by atoms with Crippen LogP contribution in [0, 0.1) is 22.9 Å². The molecule has 1 saturated carbocycles. The van der Waals surface area contributed by atoms with E-state index in [9.17, 15) is 23.5 Å². The van der Waals surface area contributed by atoms with Gasteiger partial charge < -0.3 is 19.5 Å². The lowest BCUT2D eigenvalue weighted by Crippen LogP contribution is -2.43. The summed E-state index contributed by atoms with van der Waals surface area (Å²) in [6, 6.07) is 16.4. The molecule has 222 valence electrons. The SMILES string of the molecule is N#Cc1ccnc(N2CCC(O)(c3ccc(OCc4c(C5CC5)nnn4-c4ccccc4OC(F)(F)F)cc3[ClH+])CC2)c1. The van der Waals surface area contributed by atoms with E-state index in [0.717, 1.165) is 12.8 Å². The number of para-hydroxylation sites is 2.